The van der Waals surface area contributed by atoms with Gasteiger partial charge in [-0.25, -0.2) is 0 Å². The summed E-state index contributed by atoms with van der Waals surface area (Å²) in [6, 6.07) is 2.23. The molecule has 0 spiro atoms. The van der Waals surface area contributed by atoms with Crippen molar-refractivity contribution in [2.45, 2.75) is 50.7 Å². The van der Waals surface area contributed by atoms with E-state index in [1.165, 1.54) is 0 Å². The molecule has 2 aliphatic rings. The standard InChI is InChI=1S/C15H23N3O2/c1-15(20)5-2-7-17(8-6-15)14(19)13-9-11(16)10-18(13)12-3-4-12/h9-10,12,20H,2-8,16H2,1H3. The van der Waals surface area contributed by atoms with Crippen molar-refractivity contribution in [3.63, 3.8) is 0 Å². The van der Waals surface area contributed by atoms with E-state index in [0.717, 1.165) is 25.7 Å². The molecule has 5 heteroatoms. The van der Waals surface area contributed by atoms with E-state index in [4.69, 9.17) is 5.73 Å². The minimum atomic E-state index is -0.646. The predicted molar refractivity (Wildman–Crippen MR) is 77.5 cm³/mol. The Morgan fingerprint density at radius 2 is 2.15 bits per heavy atom. The molecule has 2 heterocycles. The predicted octanol–water partition coefficient (Wildman–Crippen LogP) is 1.78. The molecular formula is C15H23N3O2. The van der Waals surface area contributed by atoms with E-state index in [1.807, 2.05) is 22.6 Å². The lowest BCUT2D eigenvalue weighted by Gasteiger charge is -2.23. The zero-order chi connectivity index (χ0) is 14.3. The lowest BCUT2D eigenvalue weighted by atomic mass is 9.98. The second kappa shape index (κ2) is 4.81. The quantitative estimate of drug-likeness (QED) is 0.865. The molecule has 1 aromatic heterocycles. The topological polar surface area (TPSA) is 71.5 Å². The second-order valence-electron chi connectivity index (χ2n) is 6.44. The number of nitrogens with two attached hydrogens (primary N) is 1. The van der Waals surface area contributed by atoms with Crippen molar-refractivity contribution in [1.29, 1.82) is 0 Å². The summed E-state index contributed by atoms with van der Waals surface area (Å²) in [7, 11) is 0. The number of carbonyl (C=O) groups is 1. The first kappa shape index (κ1) is 13.5. The fourth-order valence-electron chi connectivity index (χ4n) is 2.96. The third-order valence-electron chi connectivity index (χ3n) is 4.38. The summed E-state index contributed by atoms with van der Waals surface area (Å²) in [5, 5.41) is 10.1. The Hall–Kier alpha value is -1.49. The van der Waals surface area contributed by atoms with Gasteiger partial charge in [-0.05, 0) is 45.1 Å². The van der Waals surface area contributed by atoms with Gasteiger partial charge >= 0.3 is 0 Å². The van der Waals surface area contributed by atoms with Crippen LogP contribution in [0.25, 0.3) is 0 Å². The van der Waals surface area contributed by atoms with Gasteiger partial charge in [0, 0.05) is 25.3 Å². The van der Waals surface area contributed by atoms with Crippen molar-refractivity contribution < 1.29 is 9.90 Å². The van der Waals surface area contributed by atoms with Crippen LogP contribution in [-0.2, 0) is 0 Å². The highest BCUT2D eigenvalue weighted by Crippen LogP contribution is 2.37. The fourth-order valence-corrected chi connectivity index (χ4v) is 2.96. The summed E-state index contributed by atoms with van der Waals surface area (Å²) in [5.41, 5.74) is 6.56. The Balaban J connectivity index is 1.78. The number of likely N-dealkylation sites (tertiary alicyclic amines) is 1. The number of aliphatic hydroxyl groups is 1. The molecule has 0 aromatic carbocycles. The largest absolute Gasteiger partial charge is 0.397 e. The minimum Gasteiger partial charge on any atom is -0.397 e. The third kappa shape index (κ3) is 2.68. The monoisotopic (exact) mass is 277 g/mol. The number of nitrogens with zero attached hydrogens (tertiary/aromatic N) is 2. The molecule has 3 rings (SSSR count). The van der Waals surface area contributed by atoms with Crippen molar-refractivity contribution in [2.75, 3.05) is 18.8 Å². The highest BCUT2D eigenvalue weighted by Gasteiger charge is 2.31. The van der Waals surface area contributed by atoms with Gasteiger partial charge in [-0.15, -0.1) is 0 Å². The van der Waals surface area contributed by atoms with E-state index in [0.29, 0.717) is 36.9 Å². The van der Waals surface area contributed by atoms with Crippen molar-refractivity contribution in [2.24, 2.45) is 0 Å². The molecule has 1 unspecified atom stereocenters. The van der Waals surface area contributed by atoms with Crippen LogP contribution in [0.2, 0.25) is 0 Å². The van der Waals surface area contributed by atoms with Crippen LogP contribution in [0.3, 0.4) is 0 Å². The number of carbonyl (C=O) groups excluding carboxylic acids is 1. The minimum absolute atomic E-state index is 0.0475. The Bertz CT molecular complexity index is 517. The van der Waals surface area contributed by atoms with Gasteiger partial charge in [0.05, 0.1) is 11.3 Å². The van der Waals surface area contributed by atoms with E-state index >= 15 is 0 Å². The van der Waals surface area contributed by atoms with Crippen LogP contribution in [0.15, 0.2) is 12.3 Å². The molecule has 1 aliphatic carbocycles. The lowest BCUT2D eigenvalue weighted by Crippen LogP contribution is -2.34. The summed E-state index contributed by atoms with van der Waals surface area (Å²) in [4.78, 5) is 14.6. The molecule has 1 aromatic rings. The zero-order valence-electron chi connectivity index (χ0n) is 12.0. The maximum atomic E-state index is 12.7. The van der Waals surface area contributed by atoms with Gasteiger partial charge < -0.3 is 20.3 Å². The van der Waals surface area contributed by atoms with E-state index in [2.05, 4.69) is 0 Å². The van der Waals surface area contributed by atoms with Gasteiger partial charge in [0.2, 0.25) is 0 Å². The number of hydrogen-bond donors (Lipinski definition) is 2. The Labute approximate surface area is 119 Å². The molecule has 0 bridgehead atoms. The molecule has 1 atom stereocenters. The molecule has 0 radical (unpaired) electrons. The van der Waals surface area contributed by atoms with Crippen molar-refractivity contribution in [3.8, 4) is 0 Å². The maximum Gasteiger partial charge on any atom is 0.270 e. The van der Waals surface area contributed by atoms with Gasteiger partial charge in [0.15, 0.2) is 0 Å². The molecular weight excluding hydrogens is 254 g/mol. The van der Waals surface area contributed by atoms with Crippen LogP contribution in [-0.4, -0.2) is 39.2 Å². The van der Waals surface area contributed by atoms with Gasteiger partial charge in [-0.3, -0.25) is 4.79 Å². The highest BCUT2D eigenvalue weighted by atomic mass is 16.3. The van der Waals surface area contributed by atoms with Gasteiger partial charge in [0.1, 0.15) is 5.69 Å². The number of anilines is 1. The van der Waals surface area contributed by atoms with Gasteiger partial charge in [0.25, 0.3) is 5.91 Å². The molecule has 2 fully saturated rings. The normalized spacial score (nSPS) is 27.4. The Kier molecular flexibility index (Phi) is 3.24. The summed E-state index contributed by atoms with van der Waals surface area (Å²) in [6.07, 6.45) is 6.37. The Morgan fingerprint density at radius 1 is 1.40 bits per heavy atom. The molecule has 1 saturated heterocycles. The van der Waals surface area contributed by atoms with E-state index in [-0.39, 0.29) is 5.91 Å². The molecule has 3 N–H and O–H groups in total. The molecule has 1 aliphatic heterocycles. The van der Waals surface area contributed by atoms with Crippen LogP contribution in [0.4, 0.5) is 5.69 Å². The van der Waals surface area contributed by atoms with Crippen LogP contribution < -0.4 is 5.73 Å². The SMILES string of the molecule is CC1(O)CCCN(C(=O)c2cc(N)cn2C2CC2)CC1. The first-order chi connectivity index (χ1) is 9.46. The van der Waals surface area contributed by atoms with Crippen LogP contribution in [0.5, 0.6) is 0 Å². The van der Waals surface area contributed by atoms with Crippen LogP contribution in [0.1, 0.15) is 55.6 Å². The summed E-state index contributed by atoms with van der Waals surface area (Å²) < 4.78 is 2.03. The number of hydrogen-bond acceptors (Lipinski definition) is 3. The van der Waals surface area contributed by atoms with Gasteiger partial charge in [-0.2, -0.15) is 0 Å². The van der Waals surface area contributed by atoms with Gasteiger partial charge in [-0.1, -0.05) is 0 Å². The first-order valence-corrected chi connectivity index (χ1v) is 7.45. The van der Waals surface area contributed by atoms with E-state index in [9.17, 15) is 9.90 Å². The van der Waals surface area contributed by atoms with Crippen molar-refractivity contribution in [3.05, 3.63) is 18.0 Å². The number of rotatable bonds is 2. The summed E-state index contributed by atoms with van der Waals surface area (Å²) in [6.45, 7) is 3.18. The molecule has 20 heavy (non-hydrogen) atoms. The lowest BCUT2D eigenvalue weighted by molar-refractivity contribution is 0.0436. The second-order valence-corrected chi connectivity index (χ2v) is 6.44. The average molecular weight is 277 g/mol. The summed E-state index contributed by atoms with van der Waals surface area (Å²) >= 11 is 0. The average Bonchev–Trinajstić information content (AvgIpc) is 3.17. The van der Waals surface area contributed by atoms with Crippen LogP contribution in [0, 0.1) is 0 Å². The number of nitrogen functional groups attached to an aromatic ring is 1. The fraction of sp³-hybridized carbons (Fsp3) is 0.667. The van der Waals surface area contributed by atoms with Crippen molar-refractivity contribution in [1.82, 2.24) is 9.47 Å². The Morgan fingerprint density at radius 3 is 2.85 bits per heavy atom. The molecule has 1 amide bonds. The zero-order valence-corrected chi connectivity index (χ0v) is 12.0. The first-order valence-electron chi connectivity index (χ1n) is 7.45. The summed E-state index contributed by atoms with van der Waals surface area (Å²) in [5.74, 6) is 0.0475. The van der Waals surface area contributed by atoms with Crippen LogP contribution >= 0.6 is 0 Å². The molecule has 1 saturated carbocycles. The maximum absolute atomic E-state index is 12.7. The highest BCUT2D eigenvalue weighted by molar-refractivity contribution is 5.94. The molecule has 110 valence electrons. The van der Waals surface area contributed by atoms with E-state index in [1.54, 1.807) is 6.07 Å². The smallest absolute Gasteiger partial charge is 0.270 e. The van der Waals surface area contributed by atoms with Crippen molar-refractivity contribution >= 4 is 11.6 Å². The number of amides is 1. The van der Waals surface area contributed by atoms with E-state index < -0.39 is 5.60 Å². The number of aromatic nitrogens is 1. The third-order valence-corrected chi connectivity index (χ3v) is 4.38. The molecule has 5 nitrogen and oxygen atoms in total.